The highest BCUT2D eigenvalue weighted by molar-refractivity contribution is 5.94. The highest BCUT2D eigenvalue weighted by atomic mass is 19.1. The Kier molecular flexibility index (Phi) is 4.37. The van der Waals surface area contributed by atoms with E-state index >= 15 is 0 Å². The third-order valence-electron chi connectivity index (χ3n) is 3.81. The van der Waals surface area contributed by atoms with Gasteiger partial charge < -0.3 is 4.74 Å². The average molecular weight is 313 g/mol. The summed E-state index contributed by atoms with van der Waals surface area (Å²) < 4.78 is 18.0. The number of nitrogens with zero attached hydrogens (tertiary/aromatic N) is 1. The molecule has 2 aromatic carbocycles. The van der Waals surface area contributed by atoms with Crippen LogP contribution in [0.3, 0.4) is 0 Å². The van der Waals surface area contributed by atoms with E-state index in [2.05, 4.69) is 0 Å². The summed E-state index contributed by atoms with van der Waals surface area (Å²) in [6.45, 7) is 0.197. The highest BCUT2D eigenvalue weighted by Gasteiger charge is 2.37. The number of carbonyl (C=O) groups is 2. The summed E-state index contributed by atoms with van der Waals surface area (Å²) in [5.41, 5.74) is 1.70. The van der Waals surface area contributed by atoms with Gasteiger partial charge in [-0.3, -0.25) is 4.79 Å². The van der Waals surface area contributed by atoms with Gasteiger partial charge in [0.1, 0.15) is 12.4 Å². The summed E-state index contributed by atoms with van der Waals surface area (Å²) in [6.07, 6.45) is -0.0133. The number of halogens is 1. The molecule has 0 aromatic heterocycles. The van der Waals surface area contributed by atoms with Gasteiger partial charge in [0.15, 0.2) is 0 Å². The molecular formula is C18H16FNO3. The van der Waals surface area contributed by atoms with Crippen molar-refractivity contribution >= 4 is 12.0 Å². The van der Waals surface area contributed by atoms with Crippen LogP contribution in [0.25, 0.3) is 0 Å². The van der Waals surface area contributed by atoms with Crippen molar-refractivity contribution in [3.8, 4) is 0 Å². The van der Waals surface area contributed by atoms with Gasteiger partial charge >= 0.3 is 6.09 Å². The molecule has 0 unspecified atom stereocenters. The molecule has 1 saturated heterocycles. The molecule has 23 heavy (non-hydrogen) atoms. The molecule has 2 aromatic rings. The fourth-order valence-electron chi connectivity index (χ4n) is 2.66. The van der Waals surface area contributed by atoms with Crippen LogP contribution in [0, 0.1) is 5.82 Å². The quantitative estimate of drug-likeness (QED) is 0.872. The molecule has 118 valence electrons. The van der Waals surface area contributed by atoms with Gasteiger partial charge in [-0.15, -0.1) is 0 Å². The first-order valence-electron chi connectivity index (χ1n) is 7.40. The summed E-state index contributed by atoms with van der Waals surface area (Å²) in [5.74, 6) is -0.691. The van der Waals surface area contributed by atoms with Crippen molar-refractivity contribution in [2.45, 2.75) is 18.9 Å². The second-order valence-electron chi connectivity index (χ2n) is 5.49. The number of ether oxygens (including phenoxy) is 1. The Morgan fingerprint density at radius 3 is 2.48 bits per heavy atom. The molecule has 2 amide bonds. The van der Waals surface area contributed by atoms with E-state index in [1.54, 1.807) is 12.1 Å². The molecule has 1 aliphatic heterocycles. The maximum atomic E-state index is 12.9. The zero-order chi connectivity index (χ0) is 16.2. The van der Waals surface area contributed by atoms with Crippen LogP contribution in [0.15, 0.2) is 54.6 Å². The highest BCUT2D eigenvalue weighted by Crippen LogP contribution is 2.19. The van der Waals surface area contributed by atoms with Gasteiger partial charge in [0.25, 0.3) is 0 Å². The summed E-state index contributed by atoms with van der Waals surface area (Å²) in [5, 5.41) is 0. The minimum Gasteiger partial charge on any atom is -0.447 e. The van der Waals surface area contributed by atoms with Crippen molar-refractivity contribution in [2.75, 3.05) is 6.61 Å². The molecule has 1 heterocycles. The van der Waals surface area contributed by atoms with Crippen LogP contribution in [0.2, 0.25) is 0 Å². The molecular weight excluding hydrogens is 297 g/mol. The Labute approximate surface area is 133 Å². The Morgan fingerprint density at radius 1 is 1.09 bits per heavy atom. The molecule has 0 bridgehead atoms. The van der Waals surface area contributed by atoms with Crippen LogP contribution < -0.4 is 0 Å². The molecule has 0 radical (unpaired) electrons. The van der Waals surface area contributed by atoms with Crippen LogP contribution in [0.5, 0.6) is 0 Å². The smallest absolute Gasteiger partial charge is 0.416 e. The maximum absolute atomic E-state index is 12.9. The Balaban J connectivity index is 1.71. The first-order chi connectivity index (χ1) is 11.1. The molecule has 0 N–H and O–H groups in total. The molecule has 1 aliphatic rings. The lowest BCUT2D eigenvalue weighted by Crippen LogP contribution is -2.41. The second kappa shape index (κ2) is 6.60. The molecule has 0 saturated carbocycles. The summed E-state index contributed by atoms with van der Waals surface area (Å²) in [7, 11) is 0. The molecule has 3 rings (SSSR count). The fourth-order valence-corrected chi connectivity index (χ4v) is 2.66. The zero-order valence-electron chi connectivity index (χ0n) is 12.4. The minimum atomic E-state index is -0.613. The number of amides is 2. The maximum Gasteiger partial charge on any atom is 0.416 e. The van der Waals surface area contributed by atoms with Crippen molar-refractivity contribution < 1.29 is 18.7 Å². The normalized spacial score (nSPS) is 17.2. The van der Waals surface area contributed by atoms with E-state index in [-0.39, 0.29) is 30.8 Å². The van der Waals surface area contributed by atoms with E-state index in [1.807, 2.05) is 30.3 Å². The van der Waals surface area contributed by atoms with E-state index in [0.29, 0.717) is 12.0 Å². The van der Waals surface area contributed by atoms with E-state index < -0.39 is 6.09 Å². The average Bonchev–Trinajstić information content (AvgIpc) is 2.91. The number of benzene rings is 2. The minimum absolute atomic E-state index is 0.0423. The van der Waals surface area contributed by atoms with E-state index in [1.165, 1.54) is 17.0 Å². The van der Waals surface area contributed by atoms with Gasteiger partial charge in [-0.05, 0) is 29.7 Å². The van der Waals surface area contributed by atoms with Crippen molar-refractivity contribution in [1.82, 2.24) is 4.90 Å². The number of hydrogen-bond donors (Lipinski definition) is 0. The van der Waals surface area contributed by atoms with E-state index in [0.717, 1.165) is 5.56 Å². The van der Waals surface area contributed by atoms with Crippen LogP contribution in [-0.2, 0) is 22.4 Å². The molecule has 1 fully saturated rings. The first-order valence-corrected chi connectivity index (χ1v) is 7.40. The Morgan fingerprint density at radius 2 is 1.78 bits per heavy atom. The summed E-state index contributed by atoms with van der Waals surface area (Å²) in [4.78, 5) is 25.5. The second-order valence-corrected chi connectivity index (χ2v) is 5.49. The number of imide groups is 1. The topological polar surface area (TPSA) is 46.6 Å². The van der Waals surface area contributed by atoms with E-state index in [4.69, 9.17) is 4.74 Å². The molecule has 0 spiro atoms. The van der Waals surface area contributed by atoms with Crippen LogP contribution in [0.1, 0.15) is 11.1 Å². The van der Waals surface area contributed by atoms with E-state index in [9.17, 15) is 14.0 Å². The van der Waals surface area contributed by atoms with Crippen molar-refractivity contribution in [3.05, 3.63) is 71.5 Å². The molecule has 0 aliphatic carbocycles. The largest absolute Gasteiger partial charge is 0.447 e. The third-order valence-corrected chi connectivity index (χ3v) is 3.81. The van der Waals surface area contributed by atoms with Gasteiger partial charge in [0.05, 0.1) is 12.5 Å². The summed E-state index contributed by atoms with van der Waals surface area (Å²) >= 11 is 0. The number of rotatable bonds is 4. The number of carbonyl (C=O) groups excluding carboxylic acids is 2. The predicted molar refractivity (Wildman–Crippen MR) is 82.2 cm³/mol. The van der Waals surface area contributed by atoms with Crippen molar-refractivity contribution in [2.24, 2.45) is 0 Å². The predicted octanol–water partition coefficient (Wildman–Crippen LogP) is 2.96. The monoisotopic (exact) mass is 313 g/mol. The Hall–Kier alpha value is -2.69. The van der Waals surface area contributed by atoms with Gasteiger partial charge in [-0.25, -0.2) is 14.1 Å². The van der Waals surface area contributed by atoms with Crippen molar-refractivity contribution in [3.63, 3.8) is 0 Å². The fraction of sp³-hybridized carbons (Fsp3) is 0.222. The lowest BCUT2D eigenvalue weighted by atomic mass is 10.0. The van der Waals surface area contributed by atoms with Gasteiger partial charge in [0.2, 0.25) is 5.91 Å². The molecule has 1 atom stereocenters. The first kappa shape index (κ1) is 15.2. The summed E-state index contributed by atoms with van der Waals surface area (Å²) in [6, 6.07) is 15.0. The zero-order valence-corrected chi connectivity index (χ0v) is 12.4. The van der Waals surface area contributed by atoms with Crippen LogP contribution in [0.4, 0.5) is 9.18 Å². The standard InChI is InChI=1S/C18H16FNO3/c19-15-8-6-14(7-9-15)11-17(21)20-16(12-23-18(20)22)10-13-4-2-1-3-5-13/h1-9,16H,10-12H2/t16-/m0/s1. The van der Waals surface area contributed by atoms with Gasteiger partial charge in [-0.1, -0.05) is 42.5 Å². The third kappa shape index (κ3) is 3.56. The lowest BCUT2D eigenvalue weighted by Gasteiger charge is -2.19. The lowest BCUT2D eigenvalue weighted by molar-refractivity contribution is -0.128. The Bertz CT molecular complexity index is 700. The van der Waals surface area contributed by atoms with Gasteiger partial charge in [-0.2, -0.15) is 0 Å². The van der Waals surface area contributed by atoms with Crippen LogP contribution >= 0.6 is 0 Å². The van der Waals surface area contributed by atoms with Crippen molar-refractivity contribution in [1.29, 1.82) is 0 Å². The van der Waals surface area contributed by atoms with Gasteiger partial charge in [0, 0.05) is 0 Å². The number of hydrogen-bond acceptors (Lipinski definition) is 3. The van der Waals surface area contributed by atoms with Crippen LogP contribution in [-0.4, -0.2) is 29.5 Å². The SMILES string of the molecule is O=C(Cc1ccc(F)cc1)N1C(=O)OC[C@@H]1Cc1ccccc1. The number of cyclic esters (lactones) is 1. The molecule has 4 nitrogen and oxygen atoms in total. The molecule has 5 heteroatoms.